The maximum atomic E-state index is 12.3. The van der Waals surface area contributed by atoms with E-state index >= 15 is 0 Å². The van der Waals surface area contributed by atoms with Gasteiger partial charge in [-0.3, -0.25) is 4.79 Å². The molecule has 0 radical (unpaired) electrons. The summed E-state index contributed by atoms with van der Waals surface area (Å²) in [5.41, 5.74) is 0.678. The average Bonchev–Trinajstić information content (AvgIpc) is 3.26. The SMILES string of the molecule is CCOc1ccccc1NC(=O)CSc1nnc(C)n1CC1CCCO1. The van der Waals surface area contributed by atoms with Gasteiger partial charge in [0, 0.05) is 6.61 Å². The molecule has 8 heteroatoms. The van der Waals surface area contributed by atoms with E-state index < -0.39 is 0 Å². The Bertz CT molecular complexity index is 744. The van der Waals surface area contributed by atoms with Crippen molar-refractivity contribution in [1.29, 1.82) is 0 Å². The summed E-state index contributed by atoms with van der Waals surface area (Å²) in [6.45, 7) is 5.93. The smallest absolute Gasteiger partial charge is 0.234 e. The van der Waals surface area contributed by atoms with Crippen LogP contribution < -0.4 is 10.1 Å². The number of anilines is 1. The minimum atomic E-state index is -0.105. The van der Waals surface area contributed by atoms with Crippen LogP contribution in [0, 0.1) is 6.92 Å². The van der Waals surface area contributed by atoms with Crippen LogP contribution in [0.1, 0.15) is 25.6 Å². The predicted molar refractivity (Wildman–Crippen MR) is 101 cm³/mol. The Balaban J connectivity index is 1.58. The Morgan fingerprint density at radius 3 is 3.04 bits per heavy atom. The van der Waals surface area contributed by atoms with Crippen LogP contribution in [-0.4, -0.2) is 45.7 Å². The number of carbonyl (C=O) groups is 1. The first-order valence-corrected chi connectivity index (χ1v) is 9.81. The van der Waals surface area contributed by atoms with E-state index in [-0.39, 0.29) is 17.8 Å². The van der Waals surface area contributed by atoms with E-state index in [0.29, 0.717) is 18.0 Å². The molecule has 140 valence electrons. The van der Waals surface area contributed by atoms with Crippen molar-refractivity contribution in [2.75, 3.05) is 24.3 Å². The Hall–Kier alpha value is -2.06. The summed E-state index contributed by atoms with van der Waals surface area (Å²) in [6.07, 6.45) is 2.35. The highest BCUT2D eigenvalue weighted by Gasteiger charge is 2.20. The fraction of sp³-hybridized carbons (Fsp3) is 0.500. The third kappa shape index (κ3) is 4.76. The molecule has 0 bridgehead atoms. The highest BCUT2D eigenvalue weighted by molar-refractivity contribution is 7.99. The molecule has 0 spiro atoms. The number of thioether (sulfide) groups is 1. The number of benzene rings is 1. The van der Waals surface area contributed by atoms with Gasteiger partial charge in [0.15, 0.2) is 5.16 Å². The summed E-state index contributed by atoms with van der Waals surface area (Å²) < 4.78 is 13.3. The van der Waals surface area contributed by atoms with E-state index in [9.17, 15) is 4.79 Å². The van der Waals surface area contributed by atoms with E-state index in [1.807, 2.05) is 42.7 Å². The molecule has 1 fully saturated rings. The molecule has 0 aliphatic carbocycles. The molecule has 1 saturated heterocycles. The van der Waals surface area contributed by atoms with Crippen LogP contribution >= 0.6 is 11.8 Å². The van der Waals surface area contributed by atoms with Gasteiger partial charge in [0.25, 0.3) is 0 Å². The molecule has 1 aromatic heterocycles. The van der Waals surface area contributed by atoms with Crippen LogP contribution in [0.5, 0.6) is 5.75 Å². The van der Waals surface area contributed by atoms with Crippen molar-refractivity contribution in [2.24, 2.45) is 0 Å². The Kier molecular flexibility index (Phi) is 6.51. The van der Waals surface area contributed by atoms with Crippen LogP contribution in [0.2, 0.25) is 0 Å². The first kappa shape index (κ1) is 18.7. The largest absolute Gasteiger partial charge is 0.492 e. The molecular formula is C18H24N4O3S. The van der Waals surface area contributed by atoms with Crippen LogP contribution in [0.4, 0.5) is 5.69 Å². The second-order valence-electron chi connectivity index (χ2n) is 6.04. The highest BCUT2D eigenvalue weighted by Crippen LogP contribution is 2.25. The third-order valence-corrected chi connectivity index (χ3v) is 5.07. The van der Waals surface area contributed by atoms with Gasteiger partial charge < -0.3 is 19.4 Å². The van der Waals surface area contributed by atoms with E-state index in [2.05, 4.69) is 15.5 Å². The number of hydrogen-bond donors (Lipinski definition) is 1. The summed E-state index contributed by atoms with van der Waals surface area (Å²) in [4.78, 5) is 12.3. The van der Waals surface area contributed by atoms with E-state index in [4.69, 9.17) is 9.47 Å². The first-order chi connectivity index (χ1) is 12.7. The van der Waals surface area contributed by atoms with Gasteiger partial charge in [-0.05, 0) is 38.8 Å². The molecule has 0 saturated carbocycles. The zero-order valence-corrected chi connectivity index (χ0v) is 15.9. The normalized spacial score (nSPS) is 16.6. The van der Waals surface area contributed by atoms with Gasteiger partial charge in [-0.1, -0.05) is 23.9 Å². The Morgan fingerprint density at radius 2 is 2.27 bits per heavy atom. The van der Waals surface area contributed by atoms with E-state index in [1.54, 1.807) is 0 Å². The quantitative estimate of drug-likeness (QED) is 0.714. The number of para-hydroxylation sites is 2. The third-order valence-electron chi connectivity index (χ3n) is 4.11. The summed E-state index contributed by atoms with van der Waals surface area (Å²) in [7, 11) is 0. The molecule has 1 aliphatic rings. The number of hydrogen-bond acceptors (Lipinski definition) is 6. The van der Waals surface area contributed by atoms with Crippen molar-refractivity contribution in [3.05, 3.63) is 30.1 Å². The molecule has 1 unspecified atom stereocenters. The summed E-state index contributed by atoms with van der Waals surface area (Å²) in [6, 6.07) is 7.42. The number of nitrogens with one attached hydrogen (secondary N) is 1. The van der Waals surface area contributed by atoms with Crippen molar-refractivity contribution in [3.8, 4) is 5.75 Å². The minimum Gasteiger partial charge on any atom is -0.492 e. The number of nitrogens with zero attached hydrogens (tertiary/aromatic N) is 3. The average molecular weight is 376 g/mol. The lowest BCUT2D eigenvalue weighted by Gasteiger charge is -2.13. The van der Waals surface area contributed by atoms with Crippen LogP contribution in [0.25, 0.3) is 0 Å². The molecule has 1 aliphatic heterocycles. The standard InChI is InChI=1S/C18H24N4O3S/c1-3-24-16-9-5-4-8-15(16)19-17(23)12-26-18-21-20-13(2)22(18)11-14-7-6-10-25-14/h4-5,8-9,14H,3,6-7,10-12H2,1-2H3,(H,19,23). The molecule has 1 N–H and O–H groups in total. The van der Waals surface area contributed by atoms with Crippen molar-refractivity contribution < 1.29 is 14.3 Å². The predicted octanol–water partition coefficient (Wildman–Crippen LogP) is 2.90. The second-order valence-corrected chi connectivity index (χ2v) is 6.98. The van der Waals surface area contributed by atoms with Gasteiger partial charge >= 0.3 is 0 Å². The second kappa shape index (κ2) is 9.05. The monoisotopic (exact) mass is 376 g/mol. The van der Waals surface area contributed by atoms with Crippen molar-refractivity contribution in [1.82, 2.24) is 14.8 Å². The lowest BCUT2D eigenvalue weighted by Crippen LogP contribution is -2.18. The molecule has 2 aromatic rings. The summed E-state index contributed by atoms with van der Waals surface area (Å²) in [5.74, 6) is 1.66. The maximum Gasteiger partial charge on any atom is 0.234 e. The fourth-order valence-corrected chi connectivity index (χ4v) is 3.63. The number of aromatic nitrogens is 3. The Labute approximate surface area is 157 Å². The molecule has 3 rings (SSSR count). The van der Waals surface area contributed by atoms with Crippen LogP contribution in [-0.2, 0) is 16.1 Å². The van der Waals surface area contributed by atoms with E-state index in [1.165, 1.54) is 11.8 Å². The summed E-state index contributed by atoms with van der Waals surface area (Å²) >= 11 is 1.38. The van der Waals surface area contributed by atoms with Gasteiger partial charge in [-0.15, -0.1) is 10.2 Å². The molecule has 7 nitrogen and oxygen atoms in total. The molecule has 1 atom stereocenters. The van der Waals surface area contributed by atoms with Crippen LogP contribution in [0.3, 0.4) is 0 Å². The molecule has 2 heterocycles. The van der Waals surface area contributed by atoms with Gasteiger partial charge in [0.1, 0.15) is 11.6 Å². The summed E-state index contributed by atoms with van der Waals surface area (Å²) in [5, 5.41) is 12.0. The van der Waals surface area contributed by atoms with Gasteiger partial charge in [-0.25, -0.2) is 0 Å². The number of carbonyl (C=O) groups excluding carboxylic acids is 1. The van der Waals surface area contributed by atoms with E-state index in [0.717, 1.165) is 37.0 Å². The number of ether oxygens (including phenoxy) is 2. The number of aryl methyl sites for hydroxylation is 1. The lowest BCUT2D eigenvalue weighted by atomic mass is 10.2. The van der Waals surface area contributed by atoms with Gasteiger partial charge in [0.05, 0.1) is 30.7 Å². The number of amides is 1. The van der Waals surface area contributed by atoms with Crippen molar-refractivity contribution in [3.63, 3.8) is 0 Å². The lowest BCUT2D eigenvalue weighted by molar-refractivity contribution is -0.113. The minimum absolute atomic E-state index is 0.105. The van der Waals surface area contributed by atoms with Gasteiger partial charge in [-0.2, -0.15) is 0 Å². The fourth-order valence-electron chi connectivity index (χ4n) is 2.84. The molecule has 1 amide bonds. The first-order valence-electron chi connectivity index (χ1n) is 8.83. The zero-order chi connectivity index (χ0) is 18.4. The molecular weight excluding hydrogens is 352 g/mol. The van der Waals surface area contributed by atoms with Crippen molar-refractivity contribution in [2.45, 2.75) is 44.5 Å². The zero-order valence-electron chi connectivity index (χ0n) is 15.1. The topological polar surface area (TPSA) is 78.3 Å². The highest BCUT2D eigenvalue weighted by atomic mass is 32.2. The number of rotatable bonds is 8. The van der Waals surface area contributed by atoms with Gasteiger partial charge in [0.2, 0.25) is 5.91 Å². The molecule has 26 heavy (non-hydrogen) atoms. The molecule has 1 aromatic carbocycles. The maximum absolute atomic E-state index is 12.3. The Morgan fingerprint density at radius 1 is 1.42 bits per heavy atom. The van der Waals surface area contributed by atoms with Crippen LogP contribution in [0.15, 0.2) is 29.4 Å². The van der Waals surface area contributed by atoms with Crippen molar-refractivity contribution >= 4 is 23.4 Å².